The van der Waals surface area contributed by atoms with Crippen molar-refractivity contribution in [2.75, 3.05) is 13.2 Å². The number of ether oxygens (including phenoxy) is 1. The van der Waals surface area contributed by atoms with Crippen LogP contribution in [0.5, 0.6) is 0 Å². The molecule has 0 aliphatic heterocycles. The van der Waals surface area contributed by atoms with E-state index >= 15 is 0 Å². The van der Waals surface area contributed by atoms with Crippen LogP contribution in [-0.4, -0.2) is 24.3 Å². The van der Waals surface area contributed by atoms with Crippen LogP contribution in [0, 0.1) is 0 Å². The van der Waals surface area contributed by atoms with Crippen LogP contribution in [0.3, 0.4) is 0 Å². The number of benzene rings is 2. The van der Waals surface area contributed by atoms with Crippen LogP contribution in [0.25, 0.3) is 0 Å². The third-order valence-electron chi connectivity index (χ3n) is 3.21. The Hall–Kier alpha value is -2.13. The summed E-state index contributed by atoms with van der Waals surface area (Å²) in [5.41, 5.74) is 1.61. The van der Waals surface area contributed by atoms with E-state index in [2.05, 4.69) is 13.8 Å². The molecule has 0 radical (unpaired) electrons. The highest BCUT2D eigenvalue weighted by atomic mass is 16.5. The van der Waals surface area contributed by atoms with Gasteiger partial charge >= 0.3 is 5.97 Å². The van der Waals surface area contributed by atoms with Crippen molar-refractivity contribution in [1.82, 2.24) is 0 Å². The first-order valence-electron chi connectivity index (χ1n) is 8.11. The number of carbonyl (C=O) groups is 1. The predicted molar refractivity (Wildman–Crippen MR) is 93.8 cm³/mol. The number of aliphatic carboxylic acids is 1. The summed E-state index contributed by atoms with van der Waals surface area (Å²) in [5, 5.41) is 9.28. The maximum Gasteiger partial charge on any atom is 0.315 e. The summed E-state index contributed by atoms with van der Waals surface area (Å²) < 4.78 is 5.13. The van der Waals surface area contributed by atoms with Crippen molar-refractivity contribution in [3.05, 3.63) is 71.8 Å². The largest absolute Gasteiger partial charge is 0.481 e. The van der Waals surface area contributed by atoms with Gasteiger partial charge in [0.2, 0.25) is 0 Å². The molecule has 0 amide bonds. The summed E-state index contributed by atoms with van der Waals surface area (Å²) in [6.07, 6.45) is 2.28. The van der Waals surface area contributed by atoms with E-state index in [4.69, 9.17) is 4.74 Å². The average Bonchev–Trinajstić information content (AvgIpc) is 2.58. The van der Waals surface area contributed by atoms with Crippen molar-refractivity contribution < 1.29 is 14.6 Å². The van der Waals surface area contributed by atoms with E-state index in [0.717, 1.165) is 37.2 Å². The van der Waals surface area contributed by atoms with Crippen LogP contribution in [0.2, 0.25) is 0 Å². The lowest BCUT2D eigenvalue weighted by molar-refractivity contribution is -0.137. The molecule has 0 aromatic heterocycles. The second-order valence-corrected chi connectivity index (χ2v) is 5.20. The van der Waals surface area contributed by atoms with Gasteiger partial charge in [-0.2, -0.15) is 0 Å². The van der Waals surface area contributed by atoms with E-state index in [-0.39, 0.29) is 0 Å². The van der Waals surface area contributed by atoms with Gasteiger partial charge in [-0.05, 0) is 24.0 Å². The molecule has 1 N–H and O–H groups in total. The Morgan fingerprint density at radius 3 is 1.57 bits per heavy atom. The Morgan fingerprint density at radius 2 is 1.26 bits per heavy atom. The molecule has 0 aliphatic rings. The normalized spacial score (nSPS) is 10.0. The van der Waals surface area contributed by atoms with E-state index in [9.17, 15) is 9.90 Å². The van der Waals surface area contributed by atoms with E-state index in [1.165, 1.54) is 0 Å². The van der Waals surface area contributed by atoms with Crippen LogP contribution in [0.1, 0.15) is 43.7 Å². The third kappa shape index (κ3) is 7.11. The van der Waals surface area contributed by atoms with Crippen LogP contribution < -0.4 is 0 Å². The second kappa shape index (κ2) is 11.4. The lowest BCUT2D eigenvalue weighted by Crippen LogP contribution is -2.12. The van der Waals surface area contributed by atoms with Crippen molar-refractivity contribution in [3.63, 3.8) is 0 Å². The number of hydrogen-bond acceptors (Lipinski definition) is 2. The second-order valence-electron chi connectivity index (χ2n) is 5.20. The van der Waals surface area contributed by atoms with Gasteiger partial charge in [0.15, 0.2) is 0 Å². The highest BCUT2D eigenvalue weighted by Crippen LogP contribution is 2.24. The quantitative estimate of drug-likeness (QED) is 0.752. The van der Waals surface area contributed by atoms with Gasteiger partial charge in [-0.25, -0.2) is 0 Å². The Balaban J connectivity index is 0.000000322. The molecule has 0 bridgehead atoms. The summed E-state index contributed by atoms with van der Waals surface area (Å²) in [4.78, 5) is 11.3. The predicted octanol–water partition coefficient (Wildman–Crippen LogP) is 4.73. The van der Waals surface area contributed by atoms with Gasteiger partial charge in [-0.3, -0.25) is 4.79 Å². The minimum Gasteiger partial charge on any atom is -0.481 e. The molecule has 0 fully saturated rings. The molecule has 0 unspecified atom stereocenters. The smallest absolute Gasteiger partial charge is 0.315 e. The fraction of sp³-hybridized carbons (Fsp3) is 0.350. The van der Waals surface area contributed by atoms with E-state index in [1.807, 2.05) is 60.7 Å². The molecule has 0 spiro atoms. The molecule has 2 rings (SSSR count). The number of carboxylic acid groups (broad SMARTS) is 1. The number of carboxylic acids is 1. The maximum absolute atomic E-state index is 11.3. The van der Waals surface area contributed by atoms with Crippen molar-refractivity contribution >= 4 is 5.97 Å². The lowest BCUT2D eigenvalue weighted by Gasteiger charge is -2.12. The molecule has 3 heteroatoms. The van der Waals surface area contributed by atoms with E-state index < -0.39 is 11.9 Å². The summed E-state index contributed by atoms with van der Waals surface area (Å²) >= 11 is 0. The first-order valence-corrected chi connectivity index (χ1v) is 8.11. The zero-order valence-electron chi connectivity index (χ0n) is 13.9. The van der Waals surface area contributed by atoms with Gasteiger partial charge in [0.25, 0.3) is 0 Å². The van der Waals surface area contributed by atoms with Crippen LogP contribution in [0.15, 0.2) is 60.7 Å². The molecule has 2 aromatic carbocycles. The van der Waals surface area contributed by atoms with Crippen LogP contribution in [0.4, 0.5) is 0 Å². The van der Waals surface area contributed by atoms with Gasteiger partial charge in [0.1, 0.15) is 5.92 Å². The summed E-state index contributed by atoms with van der Waals surface area (Å²) in [5.74, 6) is -1.40. The first kappa shape index (κ1) is 18.9. The van der Waals surface area contributed by atoms with Gasteiger partial charge < -0.3 is 9.84 Å². The van der Waals surface area contributed by atoms with Gasteiger partial charge in [-0.1, -0.05) is 74.5 Å². The van der Waals surface area contributed by atoms with Crippen molar-refractivity contribution in [1.29, 1.82) is 0 Å². The summed E-state index contributed by atoms with van der Waals surface area (Å²) in [6.45, 7) is 6.09. The van der Waals surface area contributed by atoms with Gasteiger partial charge in [-0.15, -0.1) is 0 Å². The molecule has 0 saturated heterocycles. The topological polar surface area (TPSA) is 46.5 Å². The zero-order chi connectivity index (χ0) is 16.9. The minimum atomic E-state index is -0.822. The average molecular weight is 314 g/mol. The molecule has 2 aromatic rings. The fourth-order valence-electron chi connectivity index (χ4n) is 2.16. The fourth-order valence-corrected chi connectivity index (χ4v) is 2.16. The molecule has 124 valence electrons. The highest BCUT2D eigenvalue weighted by molar-refractivity contribution is 5.80. The molecule has 0 saturated carbocycles. The molecular formula is C20H26O3. The summed E-state index contributed by atoms with van der Waals surface area (Å²) in [6, 6.07) is 18.5. The van der Waals surface area contributed by atoms with Crippen molar-refractivity contribution in [2.45, 2.75) is 32.6 Å². The Kier molecular flexibility index (Phi) is 9.41. The Bertz CT molecular complexity index is 494. The maximum atomic E-state index is 11.3. The van der Waals surface area contributed by atoms with E-state index in [0.29, 0.717) is 0 Å². The standard InChI is InChI=1S/C14H12O2.C6H14O/c15-14(16)13(11-7-3-1-4-8-11)12-9-5-2-6-10-12;1-3-5-7-6-4-2/h1-10,13H,(H,15,16);3-6H2,1-2H3. The van der Waals surface area contributed by atoms with Gasteiger partial charge in [0, 0.05) is 13.2 Å². The van der Waals surface area contributed by atoms with Crippen LogP contribution in [-0.2, 0) is 9.53 Å². The lowest BCUT2D eigenvalue weighted by atomic mass is 9.92. The SMILES string of the molecule is CCCOCCC.O=C(O)C(c1ccccc1)c1ccccc1. The van der Waals surface area contributed by atoms with Crippen molar-refractivity contribution in [2.24, 2.45) is 0 Å². The molecule has 0 aliphatic carbocycles. The molecule has 0 heterocycles. The van der Waals surface area contributed by atoms with Gasteiger partial charge in [0.05, 0.1) is 0 Å². The molecule has 23 heavy (non-hydrogen) atoms. The Labute approximate surface area is 138 Å². The molecule has 3 nitrogen and oxygen atoms in total. The minimum absolute atomic E-state index is 0.581. The van der Waals surface area contributed by atoms with Crippen LogP contribution >= 0.6 is 0 Å². The Morgan fingerprint density at radius 1 is 0.870 bits per heavy atom. The first-order chi connectivity index (χ1) is 11.2. The summed E-state index contributed by atoms with van der Waals surface area (Å²) in [7, 11) is 0. The monoisotopic (exact) mass is 314 g/mol. The zero-order valence-corrected chi connectivity index (χ0v) is 13.9. The molecule has 0 atom stereocenters. The number of hydrogen-bond donors (Lipinski definition) is 1. The highest BCUT2D eigenvalue weighted by Gasteiger charge is 2.20. The molecular weight excluding hydrogens is 288 g/mol. The van der Waals surface area contributed by atoms with Crippen molar-refractivity contribution in [3.8, 4) is 0 Å². The number of rotatable bonds is 7. The van der Waals surface area contributed by atoms with E-state index in [1.54, 1.807) is 0 Å². The third-order valence-corrected chi connectivity index (χ3v) is 3.21.